The average Bonchev–Trinajstić information content (AvgIpc) is 2.34. The lowest BCUT2D eigenvalue weighted by Crippen LogP contribution is -2.36. The lowest BCUT2D eigenvalue weighted by molar-refractivity contribution is -0.385. The molecule has 0 aliphatic heterocycles. The third-order valence-corrected chi connectivity index (χ3v) is 2.14. The SMILES string of the molecule is O=C(NCC(O)C(=O)O)c1cc(F)ccc1[N+](=O)[O-]. The van der Waals surface area contributed by atoms with Crippen LogP contribution < -0.4 is 5.32 Å². The molecule has 1 aromatic carbocycles. The van der Waals surface area contributed by atoms with Crippen LogP contribution in [0.4, 0.5) is 10.1 Å². The topological polar surface area (TPSA) is 130 Å². The Balaban J connectivity index is 2.90. The number of hydrogen-bond acceptors (Lipinski definition) is 5. The molecule has 0 heterocycles. The summed E-state index contributed by atoms with van der Waals surface area (Å²) in [6.45, 7) is -0.651. The van der Waals surface area contributed by atoms with Crippen LogP contribution in [0.5, 0.6) is 0 Å². The summed E-state index contributed by atoms with van der Waals surface area (Å²) < 4.78 is 13.0. The van der Waals surface area contributed by atoms with E-state index in [0.717, 1.165) is 12.1 Å². The van der Waals surface area contributed by atoms with Gasteiger partial charge in [-0.15, -0.1) is 0 Å². The number of nitro groups is 1. The maximum absolute atomic E-state index is 13.0. The molecule has 1 amide bonds. The monoisotopic (exact) mass is 272 g/mol. The van der Waals surface area contributed by atoms with E-state index < -0.39 is 46.5 Å². The molecule has 0 fully saturated rings. The van der Waals surface area contributed by atoms with Crippen LogP contribution in [0.1, 0.15) is 10.4 Å². The molecule has 8 nitrogen and oxygen atoms in total. The van der Waals surface area contributed by atoms with Gasteiger partial charge in [-0.1, -0.05) is 0 Å². The van der Waals surface area contributed by atoms with Crippen LogP contribution in [0.3, 0.4) is 0 Å². The second-order valence-corrected chi connectivity index (χ2v) is 3.48. The average molecular weight is 272 g/mol. The lowest BCUT2D eigenvalue weighted by Gasteiger charge is -2.08. The van der Waals surface area contributed by atoms with E-state index in [9.17, 15) is 24.1 Å². The second kappa shape index (κ2) is 5.87. The number of benzene rings is 1. The number of carbonyl (C=O) groups is 2. The Morgan fingerprint density at radius 1 is 1.47 bits per heavy atom. The van der Waals surface area contributed by atoms with E-state index in [1.54, 1.807) is 0 Å². The largest absolute Gasteiger partial charge is 0.479 e. The van der Waals surface area contributed by atoms with Gasteiger partial charge in [-0.2, -0.15) is 0 Å². The van der Waals surface area contributed by atoms with Gasteiger partial charge >= 0.3 is 5.97 Å². The van der Waals surface area contributed by atoms with Crippen LogP contribution in [0.15, 0.2) is 18.2 Å². The molecule has 1 unspecified atom stereocenters. The lowest BCUT2D eigenvalue weighted by atomic mass is 10.1. The summed E-state index contributed by atoms with van der Waals surface area (Å²) in [5.41, 5.74) is -1.17. The molecular formula is C10H9FN2O6. The van der Waals surface area contributed by atoms with Gasteiger partial charge in [-0.05, 0) is 12.1 Å². The number of nitrogens with zero attached hydrogens (tertiary/aromatic N) is 1. The van der Waals surface area contributed by atoms with Gasteiger partial charge in [0, 0.05) is 6.07 Å². The van der Waals surface area contributed by atoms with Crippen LogP contribution in [-0.4, -0.2) is 39.7 Å². The van der Waals surface area contributed by atoms with Gasteiger partial charge in [-0.3, -0.25) is 14.9 Å². The van der Waals surface area contributed by atoms with E-state index in [2.05, 4.69) is 0 Å². The van der Waals surface area contributed by atoms with Crippen molar-refractivity contribution in [3.8, 4) is 0 Å². The first-order valence-corrected chi connectivity index (χ1v) is 4.96. The maximum Gasteiger partial charge on any atom is 0.334 e. The fourth-order valence-electron chi connectivity index (χ4n) is 1.22. The van der Waals surface area contributed by atoms with Gasteiger partial charge in [0.05, 0.1) is 11.5 Å². The van der Waals surface area contributed by atoms with Crippen LogP contribution in [-0.2, 0) is 4.79 Å². The quantitative estimate of drug-likeness (QED) is 0.507. The summed E-state index contributed by atoms with van der Waals surface area (Å²) >= 11 is 0. The third-order valence-electron chi connectivity index (χ3n) is 2.14. The summed E-state index contributed by atoms with van der Waals surface area (Å²) in [6.07, 6.45) is -1.85. The molecule has 3 N–H and O–H groups in total. The molecule has 102 valence electrons. The summed E-state index contributed by atoms with van der Waals surface area (Å²) in [7, 11) is 0. The van der Waals surface area contributed by atoms with E-state index in [1.807, 2.05) is 5.32 Å². The highest BCUT2D eigenvalue weighted by atomic mass is 19.1. The molecule has 0 radical (unpaired) electrons. The number of aliphatic carboxylic acids is 1. The third kappa shape index (κ3) is 3.71. The Bertz CT molecular complexity index is 533. The number of carbonyl (C=O) groups excluding carboxylic acids is 1. The fraction of sp³-hybridized carbons (Fsp3) is 0.200. The highest BCUT2D eigenvalue weighted by Crippen LogP contribution is 2.19. The Kier molecular flexibility index (Phi) is 4.48. The fourth-order valence-corrected chi connectivity index (χ4v) is 1.22. The van der Waals surface area contributed by atoms with Crippen molar-refractivity contribution in [1.82, 2.24) is 5.32 Å². The Morgan fingerprint density at radius 3 is 2.63 bits per heavy atom. The minimum absolute atomic E-state index is 0.553. The van der Waals surface area contributed by atoms with Crippen molar-refractivity contribution in [3.63, 3.8) is 0 Å². The van der Waals surface area contributed by atoms with E-state index in [1.165, 1.54) is 0 Å². The Hall–Kier alpha value is -2.55. The van der Waals surface area contributed by atoms with Crippen molar-refractivity contribution < 1.29 is 29.1 Å². The van der Waals surface area contributed by atoms with Crippen molar-refractivity contribution in [3.05, 3.63) is 39.7 Å². The van der Waals surface area contributed by atoms with Gasteiger partial charge in [0.2, 0.25) is 0 Å². The van der Waals surface area contributed by atoms with Crippen molar-refractivity contribution in [2.45, 2.75) is 6.10 Å². The zero-order valence-electron chi connectivity index (χ0n) is 9.37. The molecule has 0 aliphatic rings. The normalized spacial score (nSPS) is 11.7. The molecule has 0 spiro atoms. The molecule has 0 saturated carbocycles. The molecule has 9 heteroatoms. The van der Waals surface area contributed by atoms with Crippen LogP contribution in [0.2, 0.25) is 0 Å². The predicted octanol–water partition coefficient (Wildman–Crippen LogP) is -0.0908. The summed E-state index contributed by atoms with van der Waals surface area (Å²) in [5.74, 6) is -3.46. The first-order valence-electron chi connectivity index (χ1n) is 4.96. The van der Waals surface area contributed by atoms with E-state index in [-0.39, 0.29) is 0 Å². The first kappa shape index (κ1) is 14.5. The number of aliphatic hydroxyl groups excluding tert-OH is 1. The predicted molar refractivity (Wildman–Crippen MR) is 59.0 cm³/mol. The number of aliphatic hydroxyl groups is 1. The molecule has 1 aromatic rings. The molecule has 0 aliphatic carbocycles. The number of nitrogens with one attached hydrogen (secondary N) is 1. The summed E-state index contributed by atoms with van der Waals surface area (Å²) in [4.78, 5) is 31.6. The molecule has 19 heavy (non-hydrogen) atoms. The summed E-state index contributed by atoms with van der Waals surface area (Å²) in [6, 6.07) is 2.29. The van der Waals surface area contributed by atoms with Crippen LogP contribution >= 0.6 is 0 Å². The molecular weight excluding hydrogens is 263 g/mol. The highest BCUT2D eigenvalue weighted by molar-refractivity contribution is 5.98. The Labute approximate surface area is 105 Å². The molecule has 0 saturated heterocycles. The zero-order chi connectivity index (χ0) is 14.6. The summed E-state index contributed by atoms with van der Waals surface area (Å²) in [5, 5.41) is 29.9. The zero-order valence-corrected chi connectivity index (χ0v) is 9.37. The smallest absolute Gasteiger partial charge is 0.334 e. The van der Waals surface area contributed by atoms with Gasteiger partial charge in [-0.25, -0.2) is 9.18 Å². The van der Waals surface area contributed by atoms with Gasteiger partial charge in [0.15, 0.2) is 6.10 Å². The standard InChI is InChI=1S/C10H9FN2O6/c11-5-1-2-7(13(18)19)6(3-5)9(15)12-4-8(14)10(16)17/h1-3,8,14H,4H2,(H,12,15)(H,16,17). The Morgan fingerprint density at radius 2 is 2.11 bits per heavy atom. The van der Waals surface area contributed by atoms with Crippen LogP contribution in [0.25, 0.3) is 0 Å². The van der Waals surface area contributed by atoms with E-state index in [4.69, 9.17) is 10.2 Å². The van der Waals surface area contributed by atoms with Crippen molar-refractivity contribution in [2.75, 3.05) is 6.54 Å². The molecule has 1 atom stereocenters. The molecule has 0 aromatic heterocycles. The molecule has 1 rings (SSSR count). The molecule has 0 bridgehead atoms. The first-order chi connectivity index (χ1) is 8.82. The maximum atomic E-state index is 13.0. The second-order valence-electron chi connectivity index (χ2n) is 3.48. The van der Waals surface area contributed by atoms with Gasteiger partial charge < -0.3 is 15.5 Å². The number of rotatable bonds is 5. The van der Waals surface area contributed by atoms with Crippen molar-refractivity contribution in [1.29, 1.82) is 0 Å². The minimum Gasteiger partial charge on any atom is -0.479 e. The minimum atomic E-state index is -1.85. The van der Waals surface area contributed by atoms with E-state index >= 15 is 0 Å². The number of halogens is 1. The van der Waals surface area contributed by atoms with Crippen LogP contribution in [0, 0.1) is 15.9 Å². The van der Waals surface area contributed by atoms with Gasteiger partial charge in [0.25, 0.3) is 11.6 Å². The van der Waals surface area contributed by atoms with Crippen molar-refractivity contribution in [2.24, 2.45) is 0 Å². The van der Waals surface area contributed by atoms with E-state index in [0.29, 0.717) is 6.07 Å². The number of nitro benzene ring substituents is 1. The number of amides is 1. The highest BCUT2D eigenvalue weighted by Gasteiger charge is 2.22. The number of carboxylic acids is 1. The van der Waals surface area contributed by atoms with Gasteiger partial charge in [0.1, 0.15) is 11.4 Å². The number of hydrogen-bond donors (Lipinski definition) is 3. The van der Waals surface area contributed by atoms with Crippen molar-refractivity contribution >= 4 is 17.6 Å². The number of carboxylic acid groups (broad SMARTS) is 1.